The van der Waals surface area contributed by atoms with Gasteiger partial charge in [0.25, 0.3) is 0 Å². The lowest BCUT2D eigenvalue weighted by Gasteiger charge is -2.00. The van der Waals surface area contributed by atoms with Crippen molar-refractivity contribution in [2.75, 3.05) is 0 Å². The maximum Gasteiger partial charge on any atom is 0.0761 e. The quantitative estimate of drug-likeness (QED) is 0.709. The zero-order valence-corrected chi connectivity index (χ0v) is 10.9. The normalized spacial score (nSPS) is 11.5. The van der Waals surface area contributed by atoms with Crippen LogP contribution in [0.15, 0.2) is 72.9 Å². The van der Waals surface area contributed by atoms with Gasteiger partial charge in [0.1, 0.15) is 0 Å². The Hall–Kier alpha value is -2.19. The molecule has 2 aromatic carbocycles. The minimum absolute atomic E-state index is 0.341. The predicted molar refractivity (Wildman–Crippen MR) is 78.8 cm³/mol. The van der Waals surface area contributed by atoms with E-state index in [1.807, 2.05) is 60.8 Å². The summed E-state index contributed by atoms with van der Waals surface area (Å²) in [6.07, 6.45) is 1.47. The molecule has 0 fully saturated rings. The molecule has 0 amide bonds. The molecule has 1 N–H and O–H groups in total. The summed E-state index contributed by atoms with van der Waals surface area (Å²) >= 11 is 0. The summed E-state index contributed by atoms with van der Waals surface area (Å²) in [7, 11) is 0. The first-order valence-corrected chi connectivity index (χ1v) is 6.30. The van der Waals surface area contributed by atoms with Crippen molar-refractivity contribution in [3.8, 4) is 0 Å². The number of fused-ring (bicyclic) bond motifs is 1. The van der Waals surface area contributed by atoms with Gasteiger partial charge in [0.05, 0.1) is 11.6 Å². The topological polar surface area (TPSA) is 33.1 Å². The molecule has 0 saturated carbocycles. The summed E-state index contributed by atoms with van der Waals surface area (Å²) in [4.78, 5) is 4.18. The van der Waals surface area contributed by atoms with Crippen LogP contribution in [0.5, 0.6) is 0 Å². The Bertz CT molecular complexity index is 555. The molecule has 96 valence electrons. The van der Waals surface area contributed by atoms with E-state index in [0.29, 0.717) is 0 Å². The van der Waals surface area contributed by atoms with Crippen LogP contribution in [-0.4, -0.2) is 10.1 Å². The Morgan fingerprint density at radius 1 is 0.842 bits per heavy atom. The molecule has 0 aliphatic carbocycles. The van der Waals surface area contributed by atoms with Crippen molar-refractivity contribution in [1.29, 1.82) is 0 Å². The predicted octanol–water partition coefficient (Wildman–Crippen LogP) is 3.97. The molecule has 3 rings (SSSR count). The van der Waals surface area contributed by atoms with Crippen molar-refractivity contribution in [2.45, 2.75) is 13.0 Å². The van der Waals surface area contributed by atoms with Crippen molar-refractivity contribution in [2.24, 2.45) is 0 Å². The SMILES string of the molecule is CC(O)c1ccccc1.c1ccc2ncccc2c1. The van der Waals surface area contributed by atoms with Crippen LogP contribution in [0, 0.1) is 0 Å². The van der Waals surface area contributed by atoms with Gasteiger partial charge in [0.15, 0.2) is 0 Å². The number of aliphatic hydroxyl groups excluding tert-OH is 1. The average Bonchev–Trinajstić information content (AvgIpc) is 2.49. The maximum atomic E-state index is 9.02. The molecule has 3 aromatic rings. The molecule has 0 saturated heterocycles. The van der Waals surface area contributed by atoms with Crippen LogP contribution in [-0.2, 0) is 0 Å². The number of para-hydroxylation sites is 1. The fraction of sp³-hybridized carbons (Fsp3) is 0.118. The van der Waals surface area contributed by atoms with Crippen LogP contribution < -0.4 is 0 Å². The zero-order valence-electron chi connectivity index (χ0n) is 10.9. The summed E-state index contributed by atoms with van der Waals surface area (Å²) in [5, 5.41) is 10.2. The molecule has 1 aromatic heterocycles. The van der Waals surface area contributed by atoms with Gasteiger partial charge in [-0.2, -0.15) is 0 Å². The molecule has 0 aliphatic rings. The maximum absolute atomic E-state index is 9.02. The van der Waals surface area contributed by atoms with Crippen molar-refractivity contribution in [3.05, 3.63) is 78.5 Å². The molecule has 1 heterocycles. The standard InChI is InChI=1S/C9H7N.C8H10O/c1-2-6-9-8(4-1)5-3-7-10-9;1-7(9)8-5-3-2-4-6-8/h1-7H;2-7,9H,1H3. The fourth-order valence-corrected chi connectivity index (χ4v) is 1.75. The van der Waals surface area contributed by atoms with Crippen LogP contribution in [0.1, 0.15) is 18.6 Å². The third-order valence-electron chi connectivity index (χ3n) is 2.79. The highest BCUT2D eigenvalue weighted by Crippen LogP contribution is 2.09. The first-order valence-electron chi connectivity index (χ1n) is 6.30. The Balaban J connectivity index is 0.000000141. The van der Waals surface area contributed by atoms with Crippen LogP contribution >= 0.6 is 0 Å². The summed E-state index contributed by atoms with van der Waals surface area (Å²) in [5.74, 6) is 0. The van der Waals surface area contributed by atoms with Crippen LogP contribution in [0.2, 0.25) is 0 Å². The highest BCUT2D eigenvalue weighted by molar-refractivity contribution is 5.77. The van der Waals surface area contributed by atoms with Crippen molar-refractivity contribution in [1.82, 2.24) is 4.98 Å². The summed E-state index contributed by atoms with van der Waals surface area (Å²) < 4.78 is 0. The molecule has 1 unspecified atom stereocenters. The minimum atomic E-state index is -0.341. The lowest BCUT2D eigenvalue weighted by Crippen LogP contribution is -1.87. The molecule has 19 heavy (non-hydrogen) atoms. The van der Waals surface area contributed by atoms with Gasteiger partial charge >= 0.3 is 0 Å². The Morgan fingerprint density at radius 3 is 2.11 bits per heavy atom. The third-order valence-corrected chi connectivity index (χ3v) is 2.79. The van der Waals surface area contributed by atoms with Crippen LogP contribution in [0.3, 0.4) is 0 Å². The second-order valence-electron chi connectivity index (χ2n) is 4.28. The number of benzene rings is 2. The number of nitrogens with zero attached hydrogens (tertiary/aromatic N) is 1. The molecule has 0 spiro atoms. The smallest absolute Gasteiger partial charge is 0.0761 e. The summed E-state index contributed by atoms with van der Waals surface area (Å²) in [5.41, 5.74) is 2.03. The van der Waals surface area contributed by atoms with E-state index < -0.39 is 0 Å². The number of aromatic nitrogens is 1. The summed E-state index contributed by atoms with van der Waals surface area (Å²) in [6.45, 7) is 1.76. The van der Waals surface area contributed by atoms with Gasteiger partial charge in [-0.15, -0.1) is 0 Å². The van der Waals surface area contributed by atoms with E-state index in [-0.39, 0.29) is 6.10 Å². The van der Waals surface area contributed by atoms with Gasteiger partial charge in [-0.3, -0.25) is 4.98 Å². The fourth-order valence-electron chi connectivity index (χ4n) is 1.75. The van der Waals surface area contributed by atoms with E-state index in [1.165, 1.54) is 5.39 Å². The van der Waals surface area contributed by atoms with Gasteiger partial charge in [0, 0.05) is 11.6 Å². The van der Waals surface area contributed by atoms with E-state index >= 15 is 0 Å². The number of rotatable bonds is 1. The zero-order chi connectivity index (χ0) is 13.5. The van der Waals surface area contributed by atoms with E-state index in [1.54, 1.807) is 6.92 Å². The Kier molecular flexibility index (Phi) is 4.65. The first kappa shape index (κ1) is 13.2. The van der Waals surface area contributed by atoms with Gasteiger partial charge in [-0.25, -0.2) is 0 Å². The van der Waals surface area contributed by atoms with E-state index in [0.717, 1.165) is 11.1 Å². The molecular weight excluding hydrogens is 234 g/mol. The first-order chi connectivity index (χ1) is 9.27. The number of aliphatic hydroxyl groups is 1. The number of hydrogen-bond acceptors (Lipinski definition) is 2. The van der Waals surface area contributed by atoms with Gasteiger partial charge < -0.3 is 5.11 Å². The van der Waals surface area contributed by atoms with Crippen LogP contribution in [0.25, 0.3) is 10.9 Å². The molecule has 0 aliphatic heterocycles. The molecule has 0 radical (unpaired) electrons. The molecule has 2 nitrogen and oxygen atoms in total. The van der Waals surface area contributed by atoms with Gasteiger partial charge in [0.2, 0.25) is 0 Å². The second-order valence-corrected chi connectivity index (χ2v) is 4.28. The summed E-state index contributed by atoms with van der Waals surface area (Å²) in [6, 6.07) is 21.7. The number of hydrogen-bond donors (Lipinski definition) is 1. The lowest BCUT2D eigenvalue weighted by atomic mass is 10.1. The van der Waals surface area contributed by atoms with Crippen molar-refractivity contribution < 1.29 is 5.11 Å². The van der Waals surface area contributed by atoms with Gasteiger partial charge in [-0.1, -0.05) is 54.6 Å². The molecule has 1 atom stereocenters. The molecule has 2 heteroatoms. The van der Waals surface area contributed by atoms with Crippen LogP contribution in [0.4, 0.5) is 0 Å². The largest absolute Gasteiger partial charge is 0.389 e. The average molecular weight is 251 g/mol. The highest BCUT2D eigenvalue weighted by Gasteiger charge is 1.95. The molecule has 0 bridgehead atoms. The highest BCUT2D eigenvalue weighted by atomic mass is 16.3. The van der Waals surface area contributed by atoms with Gasteiger partial charge in [-0.05, 0) is 24.6 Å². The molecular formula is C17H17NO. The Morgan fingerprint density at radius 2 is 1.47 bits per heavy atom. The third kappa shape index (κ3) is 3.90. The monoisotopic (exact) mass is 251 g/mol. The van der Waals surface area contributed by atoms with E-state index in [2.05, 4.69) is 17.1 Å². The minimum Gasteiger partial charge on any atom is -0.389 e. The number of pyridine rings is 1. The van der Waals surface area contributed by atoms with Crippen molar-refractivity contribution >= 4 is 10.9 Å². The lowest BCUT2D eigenvalue weighted by molar-refractivity contribution is 0.199. The van der Waals surface area contributed by atoms with E-state index in [9.17, 15) is 0 Å². The van der Waals surface area contributed by atoms with Crippen molar-refractivity contribution in [3.63, 3.8) is 0 Å². The second kappa shape index (κ2) is 6.66. The Labute approximate surface area is 113 Å². The van der Waals surface area contributed by atoms with E-state index in [4.69, 9.17) is 5.11 Å².